The van der Waals surface area contributed by atoms with Crippen LogP contribution in [-0.4, -0.2) is 39.9 Å². The first kappa shape index (κ1) is 21.1. The molecular weight excluding hydrogens is 396 g/mol. The number of hydrogen-bond donors (Lipinski definition) is 0. The minimum Gasteiger partial charge on any atom is -0.492 e. The Morgan fingerprint density at radius 2 is 1.34 bits per heavy atom. The van der Waals surface area contributed by atoms with Crippen LogP contribution in [0.5, 0.6) is 0 Å². The van der Waals surface area contributed by atoms with Crippen LogP contribution >= 0.6 is 0 Å². The fourth-order valence-electron chi connectivity index (χ4n) is 5.69. The third kappa shape index (κ3) is 3.24. The van der Waals surface area contributed by atoms with E-state index in [2.05, 4.69) is 119 Å². The summed E-state index contributed by atoms with van der Waals surface area (Å²) >= 11 is 0. The average Bonchev–Trinajstić information content (AvgIpc) is 3.09. The van der Waals surface area contributed by atoms with E-state index < -0.39 is 5.60 Å². The van der Waals surface area contributed by atoms with E-state index in [1.54, 1.807) is 0 Å². The van der Waals surface area contributed by atoms with E-state index in [4.69, 9.17) is 9.47 Å². The second-order valence-corrected chi connectivity index (χ2v) is 10.3. The average molecular weight is 431 g/mol. The lowest BCUT2D eigenvalue weighted by molar-refractivity contribution is -0.0999. The number of ether oxygens (including phenoxy) is 2. The first-order valence-corrected chi connectivity index (χ1v) is 11.5. The fraction of sp³-hybridized carbons (Fsp3) is 0.429. The summed E-state index contributed by atoms with van der Waals surface area (Å²) in [5.74, 6) is 1.48. The van der Waals surface area contributed by atoms with Crippen molar-refractivity contribution in [3.05, 3.63) is 83.6 Å². The van der Waals surface area contributed by atoms with E-state index in [0.29, 0.717) is 0 Å². The first-order chi connectivity index (χ1) is 15.2. The molecule has 168 valence electrons. The Morgan fingerprint density at radius 3 is 1.84 bits per heavy atom. The van der Waals surface area contributed by atoms with Gasteiger partial charge in [0, 0.05) is 51.9 Å². The van der Waals surface area contributed by atoms with Crippen molar-refractivity contribution < 1.29 is 9.47 Å². The van der Waals surface area contributed by atoms with E-state index in [1.165, 1.54) is 22.5 Å². The molecule has 2 fully saturated rings. The Morgan fingerprint density at radius 1 is 0.812 bits per heavy atom. The molecule has 1 aliphatic carbocycles. The van der Waals surface area contributed by atoms with Crippen LogP contribution in [0.3, 0.4) is 0 Å². The molecule has 0 bridgehead atoms. The molecule has 0 aromatic heterocycles. The topological polar surface area (TPSA) is 24.9 Å². The van der Waals surface area contributed by atoms with Gasteiger partial charge in [-0.1, -0.05) is 36.4 Å². The van der Waals surface area contributed by atoms with Crippen molar-refractivity contribution in [3.8, 4) is 0 Å². The highest BCUT2D eigenvalue weighted by Gasteiger charge is 2.60. The molecule has 2 aliphatic heterocycles. The minimum atomic E-state index is -0.551. The van der Waals surface area contributed by atoms with E-state index in [0.717, 1.165) is 12.2 Å². The molecule has 0 N–H and O–H groups in total. The Kier molecular flexibility index (Phi) is 4.90. The Balaban J connectivity index is 1.67. The molecule has 3 atom stereocenters. The summed E-state index contributed by atoms with van der Waals surface area (Å²) in [6.07, 6.45) is 7.61. The van der Waals surface area contributed by atoms with Crippen LogP contribution in [0.4, 0.5) is 11.4 Å². The summed E-state index contributed by atoms with van der Waals surface area (Å²) < 4.78 is 13.6. The summed E-state index contributed by atoms with van der Waals surface area (Å²) in [7, 11) is 8.30. The maximum Gasteiger partial charge on any atom is 0.126 e. The van der Waals surface area contributed by atoms with Crippen molar-refractivity contribution in [2.75, 3.05) is 38.0 Å². The SMILES string of the molecule is CN(C)c1ccc(C2(c3ccc(N(C)C)cc3)OC3CC(C)(C)OC4=CC=CC2C43)cc1. The maximum absolute atomic E-state index is 7.18. The van der Waals surface area contributed by atoms with E-state index in [1.807, 2.05) is 0 Å². The third-order valence-corrected chi connectivity index (χ3v) is 7.21. The van der Waals surface area contributed by atoms with Gasteiger partial charge in [0.2, 0.25) is 0 Å². The van der Waals surface area contributed by atoms with E-state index in [9.17, 15) is 0 Å². The molecule has 0 saturated carbocycles. The van der Waals surface area contributed by atoms with Crippen LogP contribution in [0, 0.1) is 11.8 Å². The maximum atomic E-state index is 7.18. The van der Waals surface area contributed by atoms with Gasteiger partial charge in [-0.2, -0.15) is 0 Å². The zero-order valence-electron chi connectivity index (χ0n) is 20.0. The van der Waals surface area contributed by atoms with Crippen molar-refractivity contribution in [1.82, 2.24) is 0 Å². The van der Waals surface area contributed by atoms with E-state index in [-0.39, 0.29) is 23.5 Å². The monoisotopic (exact) mass is 430 g/mol. The van der Waals surface area contributed by atoms with Crippen molar-refractivity contribution in [2.24, 2.45) is 11.8 Å². The van der Waals surface area contributed by atoms with Gasteiger partial charge in [-0.3, -0.25) is 0 Å². The smallest absolute Gasteiger partial charge is 0.126 e. The molecule has 2 aromatic carbocycles. The fourth-order valence-corrected chi connectivity index (χ4v) is 5.69. The molecule has 32 heavy (non-hydrogen) atoms. The molecule has 4 heteroatoms. The Hall–Kier alpha value is -2.72. The standard InChI is InChI=1S/C28H34N2O2/c1-27(2)18-25-26-23(8-7-9-24(26)31-27)28(32-25,19-10-14-21(15-11-19)29(3)4)20-12-16-22(17-13-20)30(5)6/h7-17,23,25-26H,18H2,1-6H3. The van der Waals surface area contributed by atoms with Gasteiger partial charge < -0.3 is 19.3 Å². The molecule has 3 unspecified atom stereocenters. The number of anilines is 2. The molecule has 0 radical (unpaired) electrons. The number of rotatable bonds is 4. The second kappa shape index (κ2) is 7.41. The Labute approximate surface area is 192 Å². The van der Waals surface area contributed by atoms with Crippen LogP contribution in [-0.2, 0) is 15.1 Å². The van der Waals surface area contributed by atoms with Crippen molar-refractivity contribution in [2.45, 2.75) is 37.6 Å². The summed E-state index contributed by atoms with van der Waals surface area (Å²) in [5.41, 5.74) is 3.98. The summed E-state index contributed by atoms with van der Waals surface area (Å²) in [6, 6.07) is 17.7. The van der Waals surface area contributed by atoms with Crippen LogP contribution in [0.25, 0.3) is 0 Å². The lowest BCUT2D eigenvalue weighted by Gasteiger charge is -2.41. The van der Waals surface area contributed by atoms with E-state index >= 15 is 0 Å². The van der Waals surface area contributed by atoms with Gasteiger partial charge in [-0.15, -0.1) is 0 Å². The zero-order chi connectivity index (χ0) is 22.7. The minimum absolute atomic E-state index is 0.113. The predicted molar refractivity (Wildman–Crippen MR) is 131 cm³/mol. The third-order valence-electron chi connectivity index (χ3n) is 7.21. The number of nitrogens with zero attached hydrogens (tertiary/aromatic N) is 2. The molecule has 2 aromatic rings. The summed E-state index contributed by atoms with van der Waals surface area (Å²) in [6.45, 7) is 4.33. The molecule has 0 spiro atoms. The van der Waals surface area contributed by atoms with Gasteiger partial charge in [0.05, 0.1) is 12.0 Å². The highest BCUT2D eigenvalue weighted by Crippen LogP contribution is 2.59. The number of benzene rings is 2. The van der Waals surface area contributed by atoms with Gasteiger partial charge in [0.1, 0.15) is 17.0 Å². The second-order valence-electron chi connectivity index (χ2n) is 10.3. The normalized spacial score (nSPS) is 26.7. The number of hydrogen-bond acceptors (Lipinski definition) is 4. The molecule has 3 aliphatic rings. The van der Waals surface area contributed by atoms with Crippen LogP contribution in [0.2, 0.25) is 0 Å². The Bertz CT molecular complexity index is 996. The summed E-state index contributed by atoms with van der Waals surface area (Å²) in [4.78, 5) is 4.27. The van der Waals surface area contributed by atoms with Gasteiger partial charge in [-0.05, 0) is 55.3 Å². The zero-order valence-corrected chi connectivity index (χ0v) is 20.0. The van der Waals surface area contributed by atoms with Crippen LogP contribution < -0.4 is 9.80 Å². The molecule has 4 nitrogen and oxygen atoms in total. The quantitative estimate of drug-likeness (QED) is 0.653. The van der Waals surface area contributed by atoms with Gasteiger partial charge in [0.15, 0.2) is 0 Å². The lowest BCUT2D eigenvalue weighted by atomic mass is 9.68. The van der Waals surface area contributed by atoms with Crippen LogP contribution in [0.1, 0.15) is 31.4 Å². The van der Waals surface area contributed by atoms with Crippen molar-refractivity contribution in [3.63, 3.8) is 0 Å². The highest BCUT2D eigenvalue weighted by atomic mass is 16.5. The molecular formula is C28H34N2O2. The highest BCUT2D eigenvalue weighted by molar-refractivity contribution is 5.53. The predicted octanol–water partition coefficient (Wildman–Crippen LogP) is 5.35. The first-order valence-electron chi connectivity index (χ1n) is 11.5. The summed E-state index contributed by atoms with van der Waals surface area (Å²) in [5, 5.41) is 0. The van der Waals surface area contributed by atoms with Crippen molar-refractivity contribution >= 4 is 11.4 Å². The van der Waals surface area contributed by atoms with Gasteiger partial charge >= 0.3 is 0 Å². The molecule has 2 saturated heterocycles. The van der Waals surface area contributed by atoms with Gasteiger partial charge in [-0.25, -0.2) is 0 Å². The lowest BCUT2D eigenvalue weighted by Crippen LogP contribution is -2.41. The molecule has 2 heterocycles. The molecule has 0 amide bonds. The number of allylic oxidation sites excluding steroid dienone is 2. The van der Waals surface area contributed by atoms with Gasteiger partial charge in [0.25, 0.3) is 0 Å². The largest absolute Gasteiger partial charge is 0.492 e. The molecule has 5 rings (SSSR count). The van der Waals surface area contributed by atoms with Crippen LogP contribution in [0.15, 0.2) is 72.5 Å². The van der Waals surface area contributed by atoms with Crippen molar-refractivity contribution in [1.29, 1.82) is 0 Å².